The van der Waals surface area contributed by atoms with Crippen molar-refractivity contribution < 1.29 is 18.2 Å². The van der Waals surface area contributed by atoms with Gasteiger partial charge in [-0.1, -0.05) is 32.4 Å². The Morgan fingerprint density at radius 1 is 1.41 bits per heavy atom. The van der Waals surface area contributed by atoms with Gasteiger partial charge in [0.2, 0.25) is 0 Å². The normalized spacial score (nSPS) is 29.0. The summed E-state index contributed by atoms with van der Waals surface area (Å²) in [6.45, 7) is 10.7. The van der Waals surface area contributed by atoms with Crippen LogP contribution in [0.25, 0.3) is 0 Å². The minimum Gasteiger partial charge on any atom is -0.508 e. The molecule has 3 nitrogen and oxygen atoms in total. The summed E-state index contributed by atoms with van der Waals surface area (Å²) >= 11 is 0. The van der Waals surface area contributed by atoms with E-state index in [0.717, 1.165) is 30.6 Å². The first-order valence-corrected chi connectivity index (χ1v) is 8.20. The molecule has 0 saturated heterocycles. The van der Waals surface area contributed by atoms with Crippen molar-refractivity contribution in [2.24, 2.45) is 11.8 Å². The van der Waals surface area contributed by atoms with Crippen molar-refractivity contribution in [2.45, 2.75) is 58.5 Å². The zero-order valence-electron chi connectivity index (χ0n) is 13.9. The van der Waals surface area contributed by atoms with Crippen LogP contribution in [0.3, 0.4) is 0 Å². The van der Waals surface area contributed by atoms with Crippen LogP contribution in [0, 0.1) is 11.8 Å². The maximum atomic E-state index is 10.6. The van der Waals surface area contributed by atoms with E-state index in [-0.39, 0.29) is 20.4 Å². The molecule has 1 fully saturated rings. The largest absolute Gasteiger partial charge is 0.508 e. The molecule has 4 atom stereocenters. The molecular formula is C19H32O3. The van der Waals surface area contributed by atoms with Gasteiger partial charge in [0.05, 0.1) is 0 Å². The highest BCUT2D eigenvalue weighted by atomic mass is 16.5. The molecule has 2 aliphatic rings. The first-order valence-electron chi connectivity index (χ1n) is 8.20. The highest BCUT2D eigenvalue weighted by Gasteiger charge is 2.47. The Labute approximate surface area is 136 Å². The fourth-order valence-corrected chi connectivity index (χ4v) is 4.16. The van der Waals surface area contributed by atoms with Crippen LogP contribution in [0.4, 0.5) is 0 Å². The highest BCUT2D eigenvalue weighted by molar-refractivity contribution is 5.54. The molecule has 0 spiro atoms. The number of ether oxygens (including phenoxy) is 1. The molecule has 1 aromatic rings. The third kappa shape index (κ3) is 2.63. The molecule has 1 saturated carbocycles. The lowest BCUT2D eigenvalue weighted by Crippen LogP contribution is -2.36. The number of fused-ring (bicyclic) bond motifs is 3. The minimum atomic E-state index is 0. The molecule has 3 N–H and O–H groups in total. The van der Waals surface area contributed by atoms with Crippen molar-refractivity contribution >= 4 is 0 Å². The molecule has 1 aliphatic carbocycles. The van der Waals surface area contributed by atoms with E-state index in [1.807, 2.05) is 6.07 Å². The van der Waals surface area contributed by atoms with E-state index in [2.05, 4.69) is 33.4 Å². The Hall–Kier alpha value is -1.48. The van der Waals surface area contributed by atoms with Crippen molar-refractivity contribution in [1.82, 2.24) is 0 Å². The molecule has 2 unspecified atom stereocenters. The predicted molar refractivity (Wildman–Crippen MR) is 93.8 cm³/mol. The van der Waals surface area contributed by atoms with Crippen LogP contribution in [0.2, 0.25) is 0 Å². The number of aromatic hydroxyl groups is 1. The van der Waals surface area contributed by atoms with Crippen molar-refractivity contribution in [3.05, 3.63) is 35.4 Å². The summed E-state index contributed by atoms with van der Waals surface area (Å²) < 4.78 is 6.27. The van der Waals surface area contributed by atoms with Gasteiger partial charge in [0, 0.05) is 14.3 Å². The Bertz CT molecular complexity index is 574. The fraction of sp³-hybridized carbons (Fsp3) is 0.579. The lowest BCUT2D eigenvalue weighted by molar-refractivity contribution is 0.0864. The molecule has 0 aromatic heterocycles. The van der Waals surface area contributed by atoms with Crippen LogP contribution >= 0.6 is 0 Å². The van der Waals surface area contributed by atoms with E-state index < -0.39 is 0 Å². The Morgan fingerprint density at radius 2 is 2.14 bits per heavy atom. The summed E-state index contributed by atoms with van der Waals surface area (Å²) in [5.74, 6) is 2.57. The lowest BCUT2D eigenvalue weighted by atomic mass is 9.68. The zero-order valence-corrected chi connectivity index (χ0v) is 13.9. The molecule has 0 radical (unpaired) electrons. The monoisotopic (exact) mass is 308 g/mol. The average molecular weight is 308 g/mol. The molecule has 3 heteroatoms. The summed E-state index contributed by atoms with van der Waals surface area (Å²) in [6, 6.07) is 4.07. The van der Waals surface area contributed by atoms with Gasteiger partial charge in [0.1, 0.15) is 17.6 Å². The topological polar surface area (TPSA) is 61.0 Å². The first-order chi connectivity index (χ1) is 10.0. The second-order valence-corrected chi connectivity index (χ2v) is 6.89. The maximum absolute atomic E-state index is 10.6. The van der Waals surface area contributed by atoms with E-state index in [0.29, 0.717) is 17.6 Å². The number of rotatable bonds is 3. The van der Waals surface area contributed by atoms with Gasteiger partial charge in [-0.05, 0) is 55.7 Å². The van der Waals surface area contributed by atoms with Gasteiger partial charge in [-0.3, -0.25) is 0 Å². The summed E-state index contributed by atoms with van der Waals surface area (Å²) in [6.07, 6.45) is 4.58. The van der Waals surface area contributed by atoms with Gasteiger partial charge in [-0.15, -0.1) is 0 Å². The van der Waals surface area contributed by atoms with Gasteiger partial charge in [-0.2, -0.15) is 0 Å². The number of aryl methyl sites for hydroxylation is 1. The van der Waals surface area contributed by atoms with E-state index in [9.17, 15) is 5.11 Å². The average Bonchev–Trinajstić information content (AvgIpc) is 2.79. The smallest absolute Gasteiger partial charge is 0.127 e. The van der Waals surface area contributed by atoms with E-state index in [1.165, 1.54) is 17.6 Å². The standard InChI is InChI=1S/C19H26O2.H2O.2H2/c1-5-6-13-9-15(20)18-16(10-13)21-19-12(4)7-8-14(11(2)3)17(18)19;;;/h9-10,12,14,17,19-20H,2,5-8H2,1,3-4H3;1H2;2*1H/t12-,14+,17?,19?;;;/m1.../s1. The van der Waals surface area contributed by atoms with Crippen LogP contribution < -0.4 is 4.74 Å². The van der Waals surface area contributed by atoms with Crippen LogP contribution in [0.15, 0.2) is 24.3 Å². The molecule has 1 aliphatic heterocycles. The number of phenolic OH excluding ortho intramolecular Hbond substituents is 1. The number of benzene rings is 1. The lowest BCUT2D eigenvalue weighted by Gasteiger charge is -2.37. The number of hydrogen-bond donors (Lipinski definition) is 1. The maximum Gasteiger partial charge on any atom is 0.127 e. The quantitative estimate of drug-likeness (QED) is 0.837. The van der Waals surface area contributed by atoms with Crippen molar-refractivity contribution in [3.8, 4) is 11.5 Å². The third-order valence-electron chi connectivity index (χ3n) is 5.23. The molecule has 1 heterocycles. The molecule has 22 heavy (non-hydrogen) atoms. The van der Waals surface area contributed by atoms with Gasteiger partial charge < -0.3 is 15.3 Å². The second-order valence-electron chi connectivity index (χ2n) is 6.89. The Balaban J connectivity index is 0.00000176. The van der Waals surface area contributed by atoms with Crippen LogP contribution in [0.1, 0.15) is 59.9 Å². The molecule has 0 amide bonds. The highest BCUT2D eigenvalue weighted by Crippen LogP contribution is 2.55. The van der Waals surface area contributed by atoms with Gasteiger partial charge >= 0.3 is 0 Å². The number of allylic oxidation sites excluding steroid dienone is 1. The molecule has 0 bridgehead atoms. The molecule has 3 rings (SSSR count). The number of hydrogen-bond acceptors (Lipinski definition) is 2. The van der Waals surface area contributed by atoms with Crippen LogP contribution in [-0.4, -0.2) is 16.7 Å². The van der Waals surface area contributed by atoms with Gasteiger partial charge in [0.15, 0.2) is 0 Å². The molecular weight excluding hydrogens is 276 g/mol. The Kier molecular flexibility index (Phi) is 4.86. The fourth-order valence-electron chi connectivity index (χ4n) is 4.16. The van der Waals surface area contributed by atoms with Crippen LogP contribution in [0.5, 0.6) is 11.5 Å². The minimum absolute atomic E-state index is 0. The van der Waals surface area contributed by atoms with E-state index in [1.54, 1.807) is 0 Å². The van der Waals surface area contributed by atoms with Gasteiger partial charge in [-0.25, -0.2) is 0 Å². The van der Waals surface area contributed by atoms with Crippen LogP contribution in [-0.2, 0) is 6.42 Å². The second kappa shape index (κ2) is 6.33. The summed E-state index contributed by atoms with van der Waals surface area (Å²) in [5, 5.41) is 10.6. The Morgan fingerprint density at radius 3 is 2.77 bits per heavy atom. The molecule has 1 aromatic carbocycles. The third-order valence-corrected chi connectivity index (χ3v) is 5.23. The predicted octanol–water partition coefficient (Wildman–Crippen LogP) is 4.48. The SMILES string of the molecule is C=C(C)[C@@H]1CC[C@@H](C)C2Oc3cc(CCC)cc(O)c3C21.O.[HH].[HH]. The van der Waals surface area contributed by atoms with Gasteiger partial charge in [0.25, 0.3) is 0 Å². The summed E-state index contributed by atoms with van der Waals surface area (Å²) in [5.41, 5.74) is 3.41. The van der Waals surface area contributed by atoms with Crippen molar-refractivity contribution in [2.75, 3.05) is 0 Å². The number of phenols is 1. The van der Waals surface area contributed by atoms with E-state index in [4.69, 9.17) is 4.74 Å². The molecule has 126 valence electrons. The van der Waals surface area contributed by atoms with Crippen molar-refractivity contribution in [3.63, 3.8) is 0 Å². The first kappa shape index (κ1) is 16.9. The zero-order chi connectivity index (χ0) is 15.1. The summed E-state index contributed by atoms with van der Waals surface area (Å²) in [4.78, 5) is 0. The van der Waals surface area contributed by atoms with Crippen molar-refractivity contribution in [1.29, 1.82) is 0 Å². The summed E-state index contributed by atoms with van der Waals surface area (Å²) in [7, 11) is 0. The van der Waals surface area contributed by atoms with E-state index >= 15 is 0 Å².